The molecule has 0 spiro atoms. The van der Waals surface area contributed by atoms with Gasteiger partial charge in [0.05, 0.1) is 12.8 Å². The molecule has 0 aliphatic heterocycles. The lowest BCUT2D eigenvalue weighted by atomic mass is 9.92. The van der Waals surface area contributed by atoms with Gasteiger partial charge in [-0.2, -0.15) is 0 Å². The van der Waals surface area contributed by atoms with E-state index in [0.717, 1.165) is 37.1 Å². The van der Waals surface area contributed by atoms with Gasteiger partial charge < -0.3 is 0 Å². The molecular formula is C33H36N2+2. The van der Waals surface area contributed by atoms with Crippen molar-refractivity contribution >= 4 is 0 Å². The van der Waals surface area contributed by atoms with Crippen molar-refractivity contribution in [3.8, 4) is 23.7 Å². The number of hydrogen-bond acceptors (Lipinski definition) is 0. The van der Waals surface area contributed by atoms with Crippen LogP contribution in [0.5, 0.6) is 0 Å². The molecule has 0 saturated heterocycles. The molecule has 176 valence electrons. The Bertz CT molecular complexity index is 1310. The van der Waals surface area contributed by atoms with Gasteiger partial charge in [0.1, 0.15) is 0 Å². The number of hydrogen-bond donors (Lipinski definition) is 0. The second-order valence-electron chi connectivity index (χ2n) is 9.95. The van der Waals surface area contributed by atoms with Crippen LogP contribution in [0.15, 0.2) is 55.0 Å². The molecule has 2 heteroatoms. The number of rotatable bonds is 4. The summed E-state index contributed by atoms with van der Waals surface area (Å²) in [5.74, 6) is 13.4. The molecule has 2 aliphatic carbocycles. The summed E-state index contributed by atoms with van der Waals surface area (Å²) >= 11 is 0. The monoisotopic (exact) mass is 460 g/mol. The Morgan fingerprint density at radius 3 is 2.11 bits per heavy atom. The summed E-state index contributed by atoms with van der Waals surface area (Å²) in [7, 11) is 0. The Labute approximate surface area is 211 Å². The summed E-state index contributed by atoms with van der Waals surface area (Å²) in [6.07, 6.45) is 18.7. The third kappa shape index (κ3) is 6.01. The van der Waals surface area contributed by atoms with E-state index in [2.05, 4.69) is 94.7 Å². The van der Waals surface area contributed by atoms with Gasteiger partial charge in [0.25, 0.3) is 0 Å². The van der Waals surface area contributed by atoms with Gasteiger partial charge in [0.2, 0.25) is 0 Å². The molecule has 35 heavy (non-hydrogen) atoms. The smallest absolute Gasteiger partial charge is 0.184 e. The molecule has 0 fully saturated rings. The Balaban J connectivity index is 1.12. The fourth-order valence-corrected chi connectivity index (χ4v) is 5.42. The zero-order valence-corrected chi connectivity index (χ0v) is 21.1. The van der Waals surface area contributed by atoms with Crippen molar-refractivity contribution in [3.05, 3.63) is 94.1 Å². The van der Waals surface area contributed by atoms with E-state index in [9.17, 15) is 0 Å². The van der Waals surface area contributed by atoms with Crippen LogP contribution in [0, 0.1) is 30.6 Å². The van der Waals surface area contributed by atoms with Gasteiger partial charge in [-0.3, -0.25) is 0 Å². The first-order valence-corrected chi connectivity index (χ1v) is 13.4. The van der Waals surface area contributed by atoms with E-state index in [0.29, 0.717) is 0 Å². The summed E-state index contributed by atoms with van der Waals surface area (Å²) < 4.78 is 4.72. The molecule has 0 bridgehead atoms. The van der Waals surface area contributed by atoms with Crippen LogP contribution >= 0.6 is 0 Å². The molecular weight excluding hydrogens is 424 g/mol. The number of benzene rings is 1. The minimum absolute atomic E-state index is 0.866. The van der Waals surface area contributed by atoms with Gasteiger partial charge in [-0.25, -0.2) is 9.13 Å². The number of nitrogens with zero attached hydrogens (tertiary/aromatic N) is 2. The second-order valence-corrected chi connectivity index (χ2v) is 9.95. The molecule has 0 N–H and O–H groups in total. The van der Waals surface area contributed by atoms with Gasteiger partial charge in [0, 0.05) is 40.8 Å². The highest BCUT2D eigenvalue weighted by atomic mass is 15.0. The minimum Gasteiger partial charge on any atom is -0.204 e. The molecule has 2 nitrogen and oxygen atoms in total. The van der Waals surface area contributed by atoms with E-state index in [1.54, 1.807) is 5.56 Å². The van der Waals surface area contributed by atoms with Crippen molar-refractivity contribution in [2.75, 3.05) is 0 Å². The van der Waals surface area contributed by atoms with E-state index in [1.165, 1.54) is 73.8 Å². The molecule has 5 rings (SSSR count). The second kappa shape index (κ2) is 11.4. The lowest BCUT2D eigenvalue weighted by molar-refractivity contribution is -0.703. The topological polar surface area (TPSA) is 7.76 Å². The number of aromatic nitrogens is 2. The van der Waals surface area contributed by atoms with E-state index in [4.69, 9.17) is 0 Å². The van der Waals surface area contributed by atoms with E-state index in [1.807, 2.05) is 0 Å². The normalized spacial score (nSPS) is 14.1. The lowest BCUT2D eigenvalue weighted by Crippen LogP contribution is -2.40. The first-order chi connectivity index (χ1) is 17.3. The Hall–Kier alpha value is -3.36. The van der Waals surface area contributed by atoms with Crippen molar-refractivity contribution in [1.82, 2.24) is 0 Å². The van der Waals surface area contributed by atoms with Crippen LogP contribution in [0.25, 0.3) is 0 Å². The molecule has 0 atom stereocenters. The molecule has 0 saturated carbocycles. The van der Waals surface area contributed by atoms with Crippen LogP contribution < -0.4 is 9.13 Å². The maximum atomic E-state index is 3.37. The highest BCUT2D eigenvalue weighted by Crippen LogP contribution is 2.21. The summed E-state index contributed by atoms with van der Waals surface area (Å²) in [5, 5.41) is 0. The van der Waals surface area contributed by atoms with Gasteiger partial charge in [0.15, 0.2) is 37.4 Å². The van der Waals surface area contributed by atoms with E-state index < -0.39 is 0 Å². The molecule has 2 aliphatic rings. The summed E-state index contributed by atoms with van der Waals surface area (Å²) in [5.41, 5.74) is 9.75. The van der Waals surface area contributed by atoms with Crippen LogP contribution in [0.3, 0.4) is 0 Å². The molecule has 0 radical (unpaired) electrons. The molecule has 2 aromatic heterocycles. The molecule has 0 amide bonds. The predicted octanol–water partition coefficient (Wildman–Crippen LogP) is 5.21. The number of aryl methyl sites for hydroxylation is 5. The van der Waals surface area contributed by atoms with Crippen molar-refractivity contribution in [2.45, 2.75) is 84.2 Å². The molecule has 0 unspecified atom stereocenters. The Morgan fingerprint density at radius 1 is 0.686 bits per heavy atom. The minimum atomic E-state index is 0.866. The SMILES string of the molecule is Cc1cc[n+](CCC#Cc2ccc(C#CCC[n+]3ccc4c(c3)CCCC4)cc2)c2c1CCCC2. The van der Waals surface area contributed by atoms with Crippen LogP contribution in [0.4, 0.5) is 0 Å². The Kier molecular flexibility index (Phi) is 7.60. The molecule has 2 heterocycles. The zero-order valence-electron chi connectivity index (χ0n) is 21.1. The fourth-order valence-electron chi connectivity index (χ4n) is 5.42. The van der Waals surface area contributed by atoms with Crippen molar-refractivity contribution in [2.24, 2.45) is 0 Å². The average molecular weight is 461 g/mol. The standard InChI is InChI=1S/C33H36N2/c1-27-20-25-35(33-15-5-4-14-32(27)33)23-9-7-11-29-18-16-28(17-19-29)10-6-8-22-34-24-21-30-12-2-3-13-31(30)26-34/h16-21,24-26H,2-5,8-9,12-15,22-23H2,1H3/q+2. The van der Waals surface area contributed by atoms with Crippen molar-refractivity contribution < 1.29 is 9.13 Å². The fraction of sp³-hybridized carbons (Fsp3) is 0.394. The summed E-state index contributed by atoms with van der Waals surface area (Å²) in [6.45, 7) is 4.17. The lowest BCUT2D eigenvalue weighted by Gasteiger charge is -2.15. The predicted molar refractivity (Wildman–Crippen MR) is 141 cm³/mol. The highest BCUT2D eigenvalue weighted by molar-refractivity contribution is 5.41. The summed E-state index contributed by atoms with van der Waals surface area (Å²) in [4.78, 5) is 0. The molecule has 1 aromatic carbocycles. The third-order valence-electron chi connectivity index (χ3n) is 7.43. The van der Waals surface area contributed by atoms with Crippen LogP contribution in [-0.2, 0) is 38.8 Å². The average Bonchev–Trinajstić information content (AvgIpc) is 2.91. The van der Waals surface area contributed by atoms with Crippen LogP contribution in [0.1, 0.15) is 77.6 Å². The van der Waals surface area contributed by atoms with E-state index >= 15 is 0 Å². The van der Waals surface area contributed by atoms with Gasteiger partial charge in [-0.05, 0) is 87.3 Å². The quantitative estimate of drug-likeness (QED) is 0.373. The third-order valence-corrected chi connectivity index (χ3v) is 7.43. The maximum Gasteiger partial charge on any atom is 0.184 e. The van der Waals surface area contributed by atoms with E-state index in [-0.39, 0.29) is 0 Å². The number of fused-ring (bicyclic) bond motifs is 2. The van der Waals surface area contributed by atoms with Crippen molar-refractivity contribution in [1.29, 1.82) is 0 Å². The molecule has 3 aromatic rings. The zero-order chi connectivity index (χ0) is 23.9. The van der Waals surface area contributed by atoms with Gasteiger partial charge in [-0.15, -0.1) is 0 Å². The number of pyridine rings is 2. The first-order valence-electron chi connectivity index (χ1n) is 13.4. The van der Waals surface area contributed by atoms with Crippen molar-refractivity contribution in [3.63, 3.8) is 0 Å². The van der Waals surface area contributed by atoms with Gasteiger partial charge >= 0.3 is 0 Å². The van der Waals surface area contributed by atoms with Gasteiger partial charge in [-0.1, -0.05) is 23.7 Å². The maximum absolute atomic E-state index is 3.37. The van der Waals surface area contributed by atoms with Crippen LogP contribution in [-0.4, -0.2) is 0 Å². The summed E-state index contributed by atoms with van der Waals surface area (Å²) in [6, 6.07) is 12.9. The Morgan fingerprint density at radius 2 is 1.34 bits per heavy atom. The highest BCUT2D eigenvalue weighted by Gasteiger charge is 2.21. The first kappa shape index (κ1) is 23.4. The largest absolute Gasteiger partial charge is 0.204 e. The van der Waals surface area contributed by atoms with Crippen LogP contribution in [0.2, 0.25) is 0 Å².